The number of fused-ring (bicyclic) bond motifs is 5. The third kappa shape index (κ3) is 3.98. The van der Waals surface area contributed by atoms with Gasteiger partial charge in [-0.05, 0) is 18.9 Å². The summed E-state index contributed by atoms with van der Waals surface area (Å²) in [6.07, 6.45) is 1.84. The van der Waals surface area contributed by atoms with Gasteiger partial charge in [0.25, 0.3) is 11.8 Å². The van der Waals surface area contributed by atoms with Gasteiger partial charge in [0.1, 0.15) is 23.9 Å². The summed E-state index contributed by atoms with van der Waals surface area (Å²) < 4.78 is 47.6. The highest BCUT2D eigenvalue weighted by Crippen LogP contribution is 2.46. The van der Waals surface area contributed by atoms with E-state index >= 15 is 0 Å². The van der Waals surface area contributed by atoms with E-state index in [2.05, 4.69) is 10.5 Å². The minimum atomic E-state index is -1.12. The van der Waals surface area contributed by atoms with Crippen LogP contribution in [-0.2, 0) is 16.1 Å². The molecule has 4 heterocycles. The van der Waals surface area contributed by atoms with Crippen molar-refractivity contribution in [3.8, 4) is 5.75 Å². The van der Waals surface area contributed by atoms with Gasteiger partial charge in [0.05, 0.1) is 25.6 Å². The van der Waals surface area contributed by atoms with Crippen LogP contribution in [0.5, 0.6) is 5.75 Å². The number of aromatic hydroxyl groups is 1. The Hall–Kier alpha value is -4.03. The van der Waals surface area contributed by atoms with Gasteiger partial charge < -0.3 is 29.5 Å². The average Bonchev–Trinajstić information content (AvgIpc) is 3.24. The third-order valence-electron chi connectivity index (χ3n) is 7.22. The zero-order valence-electron chi connectivity index (χ0n) is 19.7. The number of halogens is 3. The summed E-state index contributed by atoms with van der Waals surface area (Å²) >= 11 is 0. The molecule has 3 aliphatic rings. The van der Waals surface area contributed by atoms with Crippen LogP contribution in [0.2, 0.25) is 0 Å². The van der Waals surface area contributed by atoms with Crippen molar-refractivity contribution in [1.82, 2.24) is 14.8 Å². The average molecular weight is 520 g/mol. The van der Waals surface area contributed by atoms with Gasteiger partial charge in [-0.3, -0.25) is 14.4 Å². The standard InChI is InChI=1S/C24H23F3N4O6/c1-36-18-7-24(37-29-18)5-4-14(8-25)30-11-17(24)31-10-15(20(32)21(33)19(31)23(30)35)22(34)28-9-12-2-3-13(26)6-16(12)27/h2-3,6,10,14,17,33H,4-5,7-9,11H2,1H3,(H,28,34)/t14-,17-,24+/m1/s1. The fourth-order valence-electron chi connectivity index (χ4n) is 5.18. The van der Waals surface area contributed by atoms with Gasteiger partial charge in [0.15, 0.2) is 17.0 Å². The Morgan fingerprint density at radius 1 is 1.35 bits per heavy atom. The van der Waals surface area contributed by atoms with Crippen LogP contribution in [0.1, 0.15) is 51.7 Å². The van der Waals surface area contributed by atoms with E-state index in [0.717, 1.165) is 18.3 Å². The van der Waals surface area contributed by atoms with Crippen LogP contribution in [0.25, 0.3) is 0 Å². The van der Waals surface area contributed by atoms with Crippen molar-refractivity contribution < 1.29 is 37.4 Å². The van der Waals surface area contributed by atoms with Crippen LogP contribution in [0.3, 0.4) is 0 Å². The second kappa shape index (κ2) is 9.12. The number of carbonyl (C=O) groups excluding carboxylic acids is 2. The topological polar surface area (TPSA) is 122 Å². The number of aromatic nitrogens is 1. The molecule has 2 bridgehead atoms. The molecule has 2 N–H and O–H groups in total. The first-order chi connectivity index (χ1) is 17.7. The molecule has 1 spiro atoms. The van der Waals surface area contributed by atoms with Gasteiger partial charge in [0.2, 0.25) is 11.3 Å². The lowest BCUT2D eigenvalue weighted by Gasteiger charge is -2.41. The Balaban J connectivity index is 1.55. The van der Waals surface area contributed by atoms with E-state index in [1.807, 2.05) is 0 Å². The molecule has 2 amide bonds. The molecule has 10 nitrogen and oxygen atoms in total. The number of oxime groups is 1. The van der Waals surface area contributed by atoms with Crippen molar-refractivity contribution in [3.63, 3.8) is 0 Å². The number of methoxy groups -OCH3 is 1. The van der Waals surface area contributed by atoms with Crippen LogP contribution in [0, 0.1) is 11.6 Å². The van der Waals surface area contributed by atoms with Crippen molar-refractivity contribution in [2.45, 2.75) is 43.5 Å². The molecule has 2 aromatic rings. The molecule has 37 heavy (non-hydrogen) atoms. The van der Waals surface area contributed by atoms with E-state index in [0.29, 0.717) is 6.07 Å². The smallest absolute Gasteiger partial charge is 0.274 e. The SMILES string of the molecule is COC1=NO[C@@]2(CC[C@H](CF)N3C[C@H]2n2cc(C(=O)NCc4ccc(F)cc4F)c(=O)c(O)c2C3=O)C1. The first-order valence-electron chi connectivity index (χ1n) is 11.5. The predicted molar refractivity (Wildman–Crippen MR) is 122 cm³/mol. The van der Waals surface area contributed by atoms with Gasteiger partial charge in [-0.25, -0.2) is 13.2 Å². The van der Waals surface area contributed by atoms with Gasteiger partial charge in [-0.15, -0.1) is 0 Å². The Kier molecular flexibility index (Phi) is 6.08. The molecule has 1 aromatic heterocycles. The Morgan fingerprint density at radius 2 is 2.14 bits per heavy atom. The van der Waals surface area contributed by atoms with Crippen LogP contribution in [-0.4, -0.2) is 64.3 Å². The van der Waals surface area contributed by atoms with E-state index < -0.39 is 70.2 Å². The van der Waals surface area contributed by atoms with Crippen molar-refractivity contribution >= 4 is 17.7 Å². The normalized spacial score (nSPS) is 24.3. The molecule has 13 heteroatoms. The van der Waals surface area contributed by atoms with Crippen LogP contribution < -0.4 is 10.7 Å². The quantitative estimate of drug-likeness (QED) is 0.636. The molecule has 0 saturated carbocycles. The second-order valence-electron chi connectivity index (χ2n) is 9.24. The number of amides is 2. The number of rotatable bonds is 4. The number of benzene rings is 1. The van der Waals surface area contributed by atoms with Crippen LogP contribution in [0.15, 0.2) is 34.3 Å². The molecule has 196 valence electrons. The number of ether oxygens (including phenoxy) is 1. The van der Waals surface area contributed by atoms with Crippen molar-refractivity contribution in [2.75, 3.05) is 20.3 Å². The summed E-state index contributed by atoms with van der Waals surface area (Å²) in [5, 5.41) is 17.1. The van der Waals surface area contributed by atoms with Crippen molar-refractivity contribution in [1.29, 1.82) is 0 Å². The van der Waals surface area contributed by atoms with E-state index in [1.54, 1.807) is 0 Å². The van der Waals surface area contributed by atoms with E-state index in [-0.39, 0.29) is 43.8 Å². The highest BCUT2D eigenvalue weighted by atomic mass is 19.1. The number of carbonyl (C=O) groups is 2. The zero-order chi connectivity index (χ0) is 26.5. The minimum Gasteiger partial charge on any atom is -0.503 e. The van der Waals surface area contributed by atoms with Crippen molar-refractivity contribution in [3.05, 3.63) is 63.1 Å². The first kappa shape index (κ1) is 24.7. The molecule has 3 aliphatic heterocycles. The lowest BCUT2D eigenvalue weighted by atomic mass is 9.85. The second-order valence-corrected chi connectivity index (χ2v) is 9.24. The number of nitrogens with one attached hydrogen (secondary N) is 1. The van der Waals surface area contributed by atoms with Gasteiger partial charge in [0, 0.05) is 30.9 Å². The predicted octanol–water partition coefficient (Wildman–Crippen LogP) is 2.01. The highest BCUT2D eigenvalue weighted by molar-refractivity contribution is 5.99. The molecular weight excluding hydrogens is 497 g/mol. The Labute approximate surface area is 208 Å². The largest absolute Gasteiger partial charge is 0.503 e. The first-order valence-corrected chi connectivity index (χ1v) is 11.5. The van der Waals surface area contributed by atoms with Crippen molar-refractivity contribution in [2.24, 2.45) is 5.16 Å². The number of hydrogen-bond donors (Lipinski definition) is 2. The molecule has 0 unspecified atom stereocenters. The molecule has 0 radical (unpaired) electrons. The molecule has 0 aliphatic carbocycles. The maximum Gasteiger partial charge on any atom is 0.274 e. The minimum absolute atomic E-state index is 0.0168. The number of nitrogens with zero attached hydrogens (tertiary/aromatic N) is 3. The lowest BCUT2D eigenvalue weighted by molar-refractivity contribution is -0.0655. The van der Waals surface area contributed by atoms with Crippen LogP contribution >= 0.6 is 0 Å². The zero-order valence-corrected chi connectivity index (χ0v) is 19.7. The molecule has 5 rings (SSSR count). The monoisotopic (exact) mass is 520 g/mol. The fourth-order valence-corrected chi connectivity index (χ4v) is 5.18. The van der Waals surface area contributed by atoms with E-state index in [1.165, 1.54) is 16.6 Å². The highest BCUT2D eigenvalue weighted by Gasteiger charge is 2.55. The van der Waals surface area contributed by atoms with Gasteiger partial charge in [-0.1, -0.05) is 11.2 Å². The summed E-state index contributed by atoms with van der Waals surface area (Å²) in [6.45, 7) is -1.21. The maximum atomic E-state index is 14.0. The summed E-state index contributed by atoms with van der Waals surface area (Å²) in [6, 6.07) is 1.28. The summed E-state index contributed by atoms with van der Waals surface area (Å²) in [7, 11) is 1.42. The van der Waals surface area contributed by atoms with Crippen LogP contribution in [0.4, 0.5) is 13.2 Å². The van der Waals surface area contributed by atoms with Gasteiger partial charge in [-0.2, -0.15) is 0 Å². The maximum absolute atomic E-state index is 14.0. The molecule has 1 saturated heterocycles. The van der Waals surface area contributed by atoms with E-state index in [9.17, 15) is 32.7 Å². The Morgan fingerprint density at radius 3 is 2.81 bits per heavy atom. The third-order valence-corrected chi connectivity index (χ3v) is 7.22. The van der Waals surface area contributed by atoms with E-state index in [4.69, 9.17) is 9.57 Å². The molecule has 3 atom stereocenters. The summed E-state index contributed by atoms with van der Waals surface area (Å²) in [4.78, 5) is 46.2. The number of hydrogen-bond acceptors (Lipinski definition) is 7. The summed E-state index contributed by atoms with van der Waals surface area (Å²) in [5.41, 5.74) is -3.13. The van der Waals surface area contributed by atoms with Gasteiger partial charge >= 0.3 is 0 Å². The molecular formula is C24H23F3N4O6. The lowest BCUT2D eigenvalue weighted by Crippen LogP contribution is -2.53. The molecule has 1 fully saturated rings. The molecule has 1 aromatic carbocycles. The summed E-state index contributed by atoms with van der Waals surface area (Å²) in [5.74, 6) is -4.05. The fraction of sp³-hybridized carbons (Fsp3) is 0.417. The number of pyridine rings is 1. The number of alkyl halides is 1. The Bertz CT molecular complexity index is 1380.